The topological polar surface area (TPSA) is 50.4 Å². The standard InChI is InChI=1S/C16H14Cl2N2O2S/c1-9-3-6-14(22-2)13(7-9)19-16(23)20-15(21)11-5-4-10(17)8-12(11)18/h3-8H,1-2H3,(H2,19,20,21,23). The van der Waals surface area contributed by atoms with E-state index in [2.05, 4.69) is 10.6 Å². The van der Waals surface area contributed by atoms with Crippen molar-refractivity contribution in [2.45, 2.75) is 6.92 Å². The molecule has 0 fully saturated rings. The van der Waals surface area contributed by atoms with Crippen LogP contribution in [0, 0.1) is 6.92 Å². The van der Waals surface area contributed by atoms with Gasteiger partial charge in [0.2, 0.25) is 0 Å². The molecule has 0 aliphatic rings. The van der Waals surface area contributed by atoms with Crippen LogP contribution in [0.5, 0.6) is 5.75 Å². The molecule has 0 spiro atoms. The lowest BCUT2D eigenvalue weighted by Gasteiger charge is -2.13. The number of nitrogens with one attached hydrogen (secondary N) is 2. The Labute approximate surface area is 149 Å². The second kappa shape index (κ2) is 7.64. The fourth-order valence-electron chi connectivity index (χ4n) is 1.92. The van der Waals surface area contributed by atoms with Crippen LogP contribution in [-0.4, -0.2) is 18.1 Å². The summed E-state index contributed by atoms with van der Waals surface area (Å²) in [5.74, 6) is 0.201. The Hall–Kier alpha value is -1.82. The number of hydrogen-bond acceptors (Lipinski definition) is 3. The molecule has 0 aliphatic carbocycles. The number of carbonyl (C=O) groups is 1. The molecule has 120 valence electrons. The summed E-state index contributed by atoms with van der Waals surface area (Å²) in [5, 5.41) is 6.37. The first-order chi connectivity index (χ1) is 10.9. The molecular formula is C16H14Cl2N2O2S. The summed E-state index contributed by atoms with van der Waals surface area (Å²) in [6.45, 7) is 1.94. The summed E-state index contributed by atoms with van der Waals surface area (Å²) >= 11 is 17.0. The zero-order chi connectivity index (χ0) is 17.0. The van der Waals surface area contributed by atoms with E-state index >= 15 is 0 Å². The number of ether oxygens (including phenoxy) is 1. The molecule has 0 aromatic heterocycles. The average Bonchev–Trinajstić information content (AvgIpc) is 2.47. The first-order valence-electron chi connectivity index (χ1n) is 6.62. The Morgan fingerprint density at radius 3 is 2.57 bits per heavy atom. The molecule has 0 aliphatic heterocycles. The number of rotatable bonds is 3. The monoisotopic (exact) mass is 368 g/mol. The Bertz CT molecular complexity index is 766. The van der Waals surface area contributed by atoms with E-state index in [0.29, 0.717) is 16.5 Å². The van der Waals surface area contributed by atoms with Crippen molar-refractivity contribution in [2.24, 2.45) is 0 Å². The Kier molecular flexibility index (Phi) is 5.82. The van der Waals surface area contributed by atoms with Crippen LogP contribution in [0.2, 0.25) is 10.0 Å². The highest BCUT2D eigenvalue weighted by molar-refractivity contribution is 7.80. The van der Waals surface area contributed by atoms with Gasteiger partial charge in [-0.1, -0.05) is 29.3 Å². The second-order valence-corrected chi connectivity index (χ2v) is 5.99. The normalized spacial score (nSPS) is 10.1. The summed E-state index contributed by atoms with van der Waals surface area (Å²) in [5.41, 5.74) is 1.99. The smallest absolute Gasteiger partial charge is 0.258 e. The number of carbonyl (C=O) groups excluding carboxylic acids is 1. The molecule has 2 rings (SSSR count). The fourth-order valence-corrected chi connectivity index (χ4v) is 2.61. The van der Waals surface area contributed by atoms with Gasteiger partial charge in [0.1, 0.15) is 5.75 Å². The molecule has 0 saturated carbocycles. The van der Waals surface area contributed by atoms with Crippen molar-refractivity contribution in [1.82, 2.24) is 5.32 Å². The molecule has 1 amide bonds. The highest BCUT2D eigenvalue weighted by Gasteiger charge is 2.13. The van der Waals surface area contributed by atoms with E-state index in [1.54, 1.807) is 13.2 Å². The van der Waals surface area contributed by atoms with Crippen molar-refractivity contribution in [3.05, 3.63) is 57.6 Å². The van der Waals surface area contributed by atoms with Crippen LogP contribution in [0.25, 0.3) is 0 Å². The van der Waals surface area contributed by atoms with Crippen molar-refractivity contribution in [2.75, 3.05) is 12.4 Å². The number of amides is 1. The van der Waals surface area contributed by atoms with Gasteiger partial charge in [0.15, 0.2) is 5.11 Å². The summed E-state index contributed by atoms with van der Waals surface area (Å²) < 4.78 is 5.25. The first-order valence-corrected chi connectivity index (χ1v) is 7.79. The first kappa shape index (κ1) is 17.5. The summed E-state index contributed by atoms with van der Waals surface area (Å²) in [6, 6.07) is 10.2. The van der Waals surface area contributed by atoms with Gasteiger partial charge >= 0.3 is 0 Å². The lowest BCUT2D eigenvalue weighted by Crippen LogP contribution is -2.34. The van der Waals surface area contributed by atoms with Gasteiger partial charge in [-0.05, 0) is 55.0 Å². The average molecular weight is 369 g/mol. The Morgan fingerprint density at radius 1 is 1.17 bits per heavy atom. The molecule has 2 N–H and O–H groups in total. The lowest BCUT2D eigenvalue weighted by atomic mass is 10.2. The van der Waals surface area contributed by atoms with Crippen LogP contribution in [0.15, 0.2) is 36.4 Å². The van der Waals surface area contributed by atoms with Crippen LogP contribution in [-0.2, 0) is 0 Å². The highest BCUT2D eigenvalue weighted by atomic mass is 35.5. The van der Waals surface area contributed by atoms with Gasteiger partial charge in [-0.2, -0.15) is 0 Å². The molecule has 0 bridgehead atoms. The van der Waals surface area contributed by atoms with Gasteiger partial charge in [-0.25, -0.2) is 0 Å². The van der Waals surface area contributed by atoms with Crippen LogP contribution in [0.3, 0.4) is 0 Å². The molecule has 0 atom stereocenters. The fraction of sp³-hybridized carbons (Fsp3) is 0.125. The quantitative estimate of drug-likeness (QED) is 0.786. The van der Waals surface area contributed by atoms with Crippen LogP contribution in [0.1, 0.15) is 15.9 Å². The van der Waals surface area contributed by atoms with Crippen molar-refractivity contribution < 1.29 is 9.53 Å². The van der Waals surface area contributed by atoms with Crippen LogP contribution in [0.4, 0.5) is 5.69 Å². The largest absolute Gasteiger partial charge is 0.495 e. The highest BCUT2D eigenvalue weighted by Crippen LogP contribution is 2.25. The van der Waals surface area contributed by atoms with E-state index in [0.717, 1.165) is 5.56 Å². The molecule has 4 nitrogen and oxygen atoms in total. The third kappa shape index (κ3) is 4.58. The van der Waals surface area contributed by atoms with Crippen molar-refractivity contribution in [1.29, 1.82) is 0 Å². The lowest BCUT2D eigenvalue weighted by molar-refractivity contribution is 0.0978. The minimum Gasteiger partial charge on any atom is -0.495 e. The van der Waals surface area contributed by atoms with E-state index < -0.39 is 5.91 Å². The number of halogens is 2. The summed E-state index contributed by atoms with van der Waals surface area (Å²) in [6.07, 6.45) is 0. The van der Waals surface area contributed by atoms with E-state index in [1.165, 1.54) is 12.1 Å². The van der Waals surface area contributed by atoms with Crippen molar-refractivity contribution in [3.8, 4) is 5.75 Å². The van der Waals surface area contributed by atoms with Gasteiger partial charge in [-0.15, -0.1) is 0 Å². The maximum Gasteiger partial charge on any atom is 0.258 e. The molecule has 0 unspecified atom stereocenters. The van der Waals surface area contributed by atoms with Gasteiger partial charge in [0.05, 0.1) is 23.4 Å². The number of anilines is 1. The van der Waals surface area contributed by atoms with E-state index in [1.807, 2.05) is 25.1 Å². The number of methoxy groups -OCH3 is 1. The van der Waals surface area contributed by atoms with Gasteiger partial charge in [0.25, 0.3) is 5.91 Å². The summed E-state index contributed by atoms with van der Waals surface area (Å²) in [4.78, 5) is 12.2. The second-order valence-electron chi connectivity index (χ2n) is 4.74. The maximum atomic E-state index is 12.2. The zero-order valence-corrected chi connectivity index (χ0v) is 14.8. The third-order valence-corrected chi connectivity index (χ3v) is 3.76. The van der Waals surface area contributed by atoms with Crippen LogP contribution < -0.4 is 15.4 Å². The van der Waals surface area contributed by atoms with Gasteiger partial charge in [-0.3, -0.25) is 10.1 Å². The summed E-state index contributed by atoms with van der Waals surface area (Å²) in [7, 11) is 1.56. The Morgan fingerprint density at radius 2 is 1.91 bits per heavy atom. The number of aryl methyl sites for hydroxylation is 1. The molecule has 2 aromatic carbocycles. The number of thiocarbonyl (C=S) groups is 1. The van der Waals surface area contributed by atoms with Gasteiger partial charge < -0.3 is 10.1 Å². The van der Waals surface area contributed by atoms with Gasteiger partial charge in [0, 0.05) is 5.02 Å². The minimum absolute atomic E-state index is 0.143. The minimum atomic E-state index is -0.421. The predicted molar refractivity (Wildman–Crippen MR) is 97.9 cm³/mol. The molecule has 23 heavy (non-hydrogen) atoms. The van der Waals surface area contributed by atoms with E-state index in [-0.39, 0.29) is 15.7 Å². The van der Waals surface area contributed by atoms with E-state index in [9.17, 15) is 4.79 Å². The zero-order valence-electron chi connectivity index (χ0n) is 12.4. The van der Waals surface area contributed by atoms with Crippen molar-refractivity contribution in [3.63, 3.8) is 0 Å². The molecule has 0 heterocycles. The third-order valence-electron chi connectivity index (χ3n) is 3.01. The molecule has 0 radical (unpaired) electrons. The van der Waals surface area contributed by atoms with Crippen LogP contribution >= 0.6 is 35.4 Å². The predicted octanol–water partition coefficient (Wildman–Crippen LogP) is 4.44. The molecule has 2 aromatic rings. The number of hydrogen-bond donors (Lipinski definition) is 2. The SMILES string of the molecule is COc1ccc(C)cc1NC(=S)NC(=O)c1ccc(Cl)cc1Cl. The molecular weight excluding hydrogens is 355 g/mol. The van der Waals surface area contributed by atoms with E-state index in [4.69, 9.17) is 40.2 Å². The maximum absolute atomic E-state index is 12.2. The van der Waals surface area contributed by atoms with Crippen molar-refractivity contribution >= 4 is 52.1 Å². The Balaban J connectivity index is 2.10. The molecule has 7 heteroatoms. The molecule has 0 saturated heterocycles. The number of benzene rings is 2.